The number of para-hydroxylation sites is 1. The highest BCUT2D eigenvalue weighted by atomic mass is 16.5. The number of nitrogens with zero attached hydrogens (tertiary/aromatic N) is 3. The molecule has 7 nitrogen and oxygen atoms in total. The summed E-state index contributed by atoms with van der Waals surface area (Å²) in [5.41, 5.74) is 3.71. The Morgan fingerprint density at radius 2 is 1.89 bits per heavy atom. The van der Waals surface area contributed by atoms with Crippen LogP contribution in [0.5, 0.6) is 0 Å². The molecule has 0 saturated carbocycles. The van der Waals surface area contributed by atoms with Crippen LogP contribution in [0.3, 0.4) is 0 Å². The maximum absolute atomic E-state index is 12.7. The highest BCUT2D eigenvalue weighted by molar-refractivity contribution is 5.86. The zero-order valence-electron chi connectivity index (χ0n) is 14.7. The predicted octanol–water partition coefficient (Wildman–Crippen LogP) is 2.10. The molecule has 1 saturated heterocycles. The third-order valence-corrected chi connectivity index (χ3v) is 5.04. The fourth-order valence-corrected chi connectivity index (χ4v) is 3.60. The fraction of sp³-hybridized carbons (Fsp3) is 0.200. The highest BCUT2D eigenvalue weighted by Crippen LogP contribution is 2.25. The predicted molar refractivity (Wildman–Crippen MR) is 106 cm³/mol. The van der Waals surface area contributed by atoms with Crippen LogP contribution < -0.4 is 16.3 Å². The molecule has 2 aromatic carbocycles. The van der Waals surface area contributed by atoms with E-state index in [9.17, 15) is 4.79 Å². The summed E-state index contributed by atoms with van der Waals surface area (Å²) in [6, 6.07) is 15.5. The first-order valence-electron chi connectivity index (χ1n) is 8.93. The van der Waals surface area contributed by atoms with Crippen LogP contribution >= 0.6 is 0 Å². The van der Waals surface area contributed by atoms with Gasteiger partial charge in [-0.05, 0) is 30.3 Å². The molecule has 3 N–H and O–H groups in total. The van der Waals surface area contributed by atoms with E-state index in [0.29, 0.717) is 16.9 Å². The lowest BCUT2D eigenvalue weighted by Crippen LogP contribution is -2.36. The van der Waals surface area contributed by atoms with Gasteiger partial charge in [0.05, 0.1) is 35.3 Å². The summed E-state index contributed by atoms with van der Waals surface area (Å²) < 4.78 is 6.60. The van der Waals surface area contributed by atoms with Crippen molar-refractivity contribution >= 4 is 27.6 Å². The Hall–Kier alpha value is -3.32. The summed E-state index contributed by atoms with van der Waals surface area (Å²) in [4.78, 5) is 22.9. The number of imidazole rings is 1. The van der Waals surface area contributed by atoms with Crippen molar-refractivity contribution in [3.63, 3.8) is 0 Å². The van der Waals surface area contributed by atoms with E-state index in [-0.39, 0.29) is 5.56 Å². The Morgan fingerprint density at radius 1 is 1.07 bits per heavy atom. The van der Waals surface area contributed by atoms with Gasteiger partial charge in [0.1, 0.15) is 5.82 Å². The van der Waals surface area contributed by atoms with E-state index >= 15 is 0 Å². The summed E-state index contributed by atoms with van der Waals surface area (Å²) in [5.74, 6) is 6.54. The number of morpholine rings is 1. The molecule has 1 fully saturated rings. The van der Waals surface area contributed by atoms with Crippen LogP contribution in [0, 0.1) is 0 Å². The minimum Gasteiger partial charge on any atom is -0.378 e. The molecular formula is C20H19N5O2. The molecule has 0 unspecified atom stereocenters. The maximum Gasteiger partial charge on any atom is 0.280 e. The van der Waals surface area contributed by atoms with E-state index in [1.807, 2.05) is 36.4 Å². The molecule has 7 heteroatoms. The molecule has 0 radical (unpaired) electrons. The summed E-state index contributed by atoms with van der Waals surface area (Å²) in [7, 11) is 0. The number of fused-ring (bicyclic) bond motifs is 2. The van der Waals surface area contributed by atoms with E-state index < -0.39 is 0 Å². The van der Waals surface area contributed by atoms with Crippen LogP contribution in [0.4, 0.5) is 5.69 Å². The van der Waals surface area contributed by atoms with Gasteiger partial charge in [0.25, 0.3) is 5.56 Å². The normalized spacial score (nSPS) is 14.9. The molecule has 3 heterocycles. The van der Waals surface area contributed by atoms with Gasteiger partial charge in [0.15, 0.2) is 0 Å². The minimum atomic E-state index is -0.277. The number of hydrogen-bond acceptors (Lipinski definition) is 5. The number of hydrogen-bond donors (Lipinski definition) is 2. The molecule has 0 atom stereocenters. The number of anilines is 1. The second kappa shape index (κ2) is 6.14. The third kappa shape index (κ3) is 2.63. The van der Waals surface area contributed by atoms with Crippen molar-refractivity contribution in [2.45, 2.75) is 0 Å². The topological polar surface area (TPSA) is 89.2 Å². The van der Waals surface area contributed by atoms with Crippen LogP contribution in [0.25, 0.3) is 33.3 Å². The lowest BCUT2D eigenvalue weighted by molar-refractivity contribution is 0.122. The number of H-pyrrole nitrogens is 1. The third-order valence-electron chi connectivity index (χ3n) is 5.04. The first kappa shape index (κ1) is 15.9. The molecule has 1 aliphatic rings. The van der Waals surface area contributed by atoms with Crippen molar-refractivity contribution < 1.29 is 4.74 Å². The molecule has 0 aliphatic carbocycles. The van der Waals surface area contributed by atoms with Crippen molar-refractivity contribution in [3.05, 3.63) is 58.9 Å². The number of ether oxygens (including phenoxy) is 1. The smallest absolute Gasteiger partial charge is 0.280 e. The molecule has 136 valence electrons. The SMILES string of the molecule is Nn1c(=O)c(-c2nc3ccc(N4CCOCC4)cc3[nH]2)cc2ccccc21. The number of aromatic nitrogens is 3. The monoisotopic (exact) mass is 361 g/mol. The van der Waals surface area contributed by atoms with Crippen LogP contribution in [0.2, 0.25) is 0 Å². The molecule has 27 heavy (non-hydrogen) atoms. The van der Waals surface area contributed by atoms with Gasteiger partial charge in [-0.25, -0.2) is 9.66 Å². The second-order valence-corrected chi connectivity index (χ2v) is 6.68. The Kier molecular flexibility index (Phi) is 3.61. The van der Waals surface area contributed by atoms with Crippen LogP contribution in [0.1, 0.15) is 0 Å². The maximum atomic E-state index is 12.7. The Morgan fingerprint density at radius 3 is 2.74 bits per heavy atom. The van der Waals surface area contributed by atoms with E-state index in [2.05, 4.69) is 27.0 Å². The summed E-state index contributed by atoms with van der Waals surface area (Å²) >= 11 is 0. The zero-order valence-corrected chi connectivity index (χ0v) is 14.7. The van der Waals surface area contributed by atoms with Gasteiger partial charge in [0, 0.05) is 24.2 Å². The van der Waals surface area contributed by atoms with Crippen LogP contribution in [0.15, 0.2) is 53.3 Å². The van der Waals surface area contributed by atoms with Gasteiger partial charge >= 0.3 is 0 Å². The highest BCUT2D eigenvalue weighted by Gasteiger charge is 2.15. The van der Waals surface area contributed by atoms with Gasteiger partial charge in [-0.2, -0.15) is 0 Å². The number of nitrogen functional groups attached to an aromatic ring is 1. The van der Waals surface area contributed by atoms with Crippen LogP contribution in [-0.4, -0.2) is 40.9 Å². The zero-order chi connectivity index (χ0) is 18.4. The van der Waals surface area contributed by atoms with E-state index in [0.717, 1.165) is 48.4 Å². The molecule has 1 aliphatic heterocycles. The summed E-state index contributed by atoms with van der Waals surface area (Å²) in [6.45, 7) is 3.21. The summed E-state index contributed by atoms with van der Waals surface area (Å²) in [5, 5.41) is 0.893. The molecule has 0 spiro atoms. The number of benzene rings is 2. The molecular weight excluding hydrogens is 342 g/mol. The average molecular weight is 361 g/mol. The van der Waals surface area contributed by atoms with E-state index in [4.69, 9.17) is 10.6 Å². The quantitative estimate of drug-likeness (QED) is 0.534. The first-order valence-corrected chi connectivity index (χ1v) is 8.93. The van der Waals surface area contributed by atoms with Crippen molar-refractivity contribution in [2.75, 3.05) is 37.0 Å². The minimum absolute atomic E-state index is 0.277. The Labute approximate surface area is 155 Å². The van der Waals surface area contributed by atoms with Gasteiger partial charge in [-0.3, -0.25) is 4.79 Å². The van der Waals surface area contributed by atoms with Gasteiger partial charge in [0.2, 0.25) is 0 Å². The van der Waals surface area contributed by atoms with Gasteiger partial charge < -0.3 is 20.5 Å². The molecule has 0 bridgehead atoms. The molecule has 2 aromatic heterocycles. The Bertz CT molecular complexity index is 1200. The number of nitrogens with two attached hydrogens (primary N) is 1. The van der Waals surface area contributed by atoms with Gasteiger partial charge in [-0.1, -0.05) is 18.2 Å². The second-order valence-electron chi connectivity index (χ2n) is 6.68. The number of rotatable bonds is 2. The van der Waals surface area contributed by atoms with Crippen molar-refractivity contribution in [3.8, 4) is 11.4 Å². The molecule has 0 amide bonds. The largest absolute Gasteiger partial charge is 0.378 e. The molecule has 5 rings (SSSR count). The average Bonchev–Trinajstić information content (AvgIpc) is 3.14. The van der Waals surface area contributed by atoms with Crippen LogP contribution in [-0.2, 0) is 4.74 Å². The summed E-state index contributed by atoms with van der Waals surface area (Å²) in [6.07, 6.45) is 0. The van der Waals surface area contributed by atoms with Crippen molar-refractivity contribution in [1.82, 2.24) is 14.6 Å². The molecule has 4 aromatic rings. The van der Waals surface area contributed by atoms with E-state index in [1.54, 1.807) is 0 Å². The number of pyridine rings is 1. The number of nitrogens with one attached hydrogen (secondary N) is 1. The Balaban J connectivity index is 1.62. The fourth-order valence-electron chi connectivity index (χ4n) is 3.60. The van der Waals surface area contributed by atoms with Crippen molar-refractivity contribution in [1.29, 1.82) is 0 Å². The lowest BCUT2D eigenvalue weighted by Gasteiger charge is -2.28. The van der Waals surface area contributed by atoms with E-state index in [1.165, 1.54) is 4.68 Å². The first-order chi connectivity index (χ1) is 13.2. The van der Waals surface area contributed by atoms with Crippen molar-refractivity contribution in [2.24, 2.45) is 0 Å². The number of aromatic amines is 1. The van der Waals surface area contributed by atoms with Gasteiger partial charge in [-0.15, -0.1) is 0 Å². The lowest BCUT2D eigenvalue weighted by atomic mass is 10.1. The standard InChI is InChI=1S/C20H19N5O2/c21-25-18-4-2-1-3-13(18)11-15(20(25)26)19-22-16-6-5-14(12-17(16)23-19)24-7-9-27-10-8-24/h1-6,11-12H,7-10,21H2,(H,22,23).